The number of rotatable bonds is 6. The highest BCUT2D eigenvalue weighted by molar-refractivity contribution is 7.09. The Labute approximate surface area is 129 Å². The van der Waals surface area contributed by atoms with Gasteiger partial charge in [0, 0.05) is 24.5 Å². The average molecular weight is 307 g/mol. The van der Waals surface area contributed by atoms with E-state index in [1.54, 1.807) is 30.4 Å². The Kier molecular flexibility index (Phi) is 5.45. The fourth-order valence-corrected chi connectivity index (χ4v) is 2.81. The van der Waals surface area contributed by atoms with E-state index >= 15 is 0 Å². The zero-order valence-corrected chi connectivity index (χ0v) is 13.6. The largest absolute Gasteiger partial charge is 0.324 e. The smallest absolute Gasteiger partial charge is 0.126 e. The van der Waals surface area contributed by atoms with Crippen molar-refractivity contribution in [3.05, 3.63) is 51.2 Å². The first-order valence-corrected chi connectivity index (χ1v) is 7.95. The van der Waals surface area contributed by atoms with Gasteiger partial charge in [-0.1, -0.05) is 12.1 Å². The minimum atomic E-state index is -0.186. The Morgan fingerprint density at radius 2 is 2.14 bits per heavy atom. The van der Waals surface area contributed by atoms with Crippen molar-refractivity contribution in [3.8, 4) is 0 Å². The summed E-state index contributed by atoms with van der Waals surface area (Å²) >= 11 is 1.67. The van der Waals surface area contributed by atoms with Gasteiger partial charge < -0.3 is 10.6 Å². The van der Waals surface area contributed by atoms with Gasteiger partial charge in [-0.2, -0.15) is 0 Å². The van der Waals surface area contributed by atoms with Crippen LogP contribution in [0.2, 0.25) is 0 Å². The first kappa shape index (κ1) is 16.1. The standard InChI is InChI=1S/C16H22FN3S/c1-11-4-5-13(8-15(11)17)16(18)6-7-20(3)9-14-10-21-12(2)19-14/h4-5,8,10,16H,6-7,9,18H2,1-3H3. The molecule has 0 saturated carbocycles. The molecule has 0 spiro atoms. The summed E-state index contributed by atoms with van der Waals surface area (Å²) in [6.07, 6.45) is 0.794. The van der Waals surface area contributed by atoms with Gasteiger partial charge in [0.2, 0.25) is 0 Å². The second kappa shape index (κ2) is 7.11. The molecule has 2 rings (SSSR count). The van der Waals surface area contributed by atoms with E-state index < -0.39 is 0 Å². The molecule has 0 aliphatic heterocycles. The van der Waals surface area contributed by atoms with Crippen molar-refractivity contribution < 1.29 is 4.39 Å². The molecule has 0 amide bonds. The van der Waals surface area contributed by atoms with Crippen molar-refractivity contribution >= 4 is 11.3 Å². The van der Waals surface area contributed by atoms with Crippen molar-refractivity contribution in [2.24, 2.45) is 5.73 Å². The molecule has 5 heteroatoms. The van der Waals surface area contributed by atoms with Crippen LogP contribution >= 0.6 is 11.3 Å². The lowest BCUT2D eigenvalue weighted by Gasteiger charge is -2.19. The van der Waals surface area contributed by atoms with Crippen LogP contribution in [0.25, 0.3) is 0 Å². The number of benzene rings is 1. The summed E-state index contributed by atoms with van der Waals surface area (Å²) in [5.41, 5.74) is 8.76. The maximum absolute atomic E-state index is 13.6. The van der Waals surface area contributed by atoms with Crippen LogP contribution in [0.5, 0.6) is 0 Å². The van der Waals surface area contributed by atoms with E-state index in [2.05, 4.69) is 22.3 Å². The average Bonchev–Trinajstić information content (AvgIpc) is 2.84. The monoisotopic (exact) mass is 307 g/mol. The third kappa shape index (κ3) is 4.59. The highest BCUT2D eigenvalue weighted by Crippen LogP contribution is 2.18. The number of nitrogens with zero attached hydrogens (tertiary/aromatic N) is 2. The zero-order chi connectivity index (χ0) is 15.4. The number of aromatic nitrogens is 1. The molecule has 1 unspecified atom stereocenters. The van der Waals surface area contributed by atoms with E-state index in [1.807, 2.05) is 13.0 Å². The summed E-state index contributed by atoms with van der Waals surface area (Å²) in [5.74, 6) is -0.186. The molecular weight excluding hydrogens is 285 g/mol. The van der Waals surface area contributed by atoms with Crippen molar-refractivity contribution in [1.29, 1.82) is 0 Å². The molecule has 0 aliphatic rings. The van der Waals surface area contributed by atoms with Crippen LogP contribution in [-0.4, -0.2) is 23.5 Å². The molecule has 0 radical (unpaired) electrons. The lowest BCUT2D eigenvalue weighted by atomic mass is 10.0. The number of hydrogen-bond acceptors (Lipinski definition) is 4. The van der Waals surface area contributed by atoms with E-state index in [-0.39, 0.29) is 11.9 Å². The van der Waals surface area contributed by atoms with Crippen LogP contribution in [0.15, 0.2) is 23.6 Å². The van der Waals surface area contributed by atoms with Crippen LogP contribution in [0.4, 0.5) is 4.39 Å². The number of aryl methyl sites for hydroxylation is 2. The maximum Gasteiger partial charge on any atom is 0.126 e. The van der Waals surface area contributed by atoms with Gasteiger partial charge in [0.15, 0.2) is 0 Å². The second-order valence-corrected chi connectivity index (χ2v) is 6.56. The van der Waals surface area contributed by atoms with Crippen molar-refractivity contribution in [1.82, 2.24) is 9.88 Å². The Morgan fingerprint density at radius 3 is 2.76 bits per heavy atom. The summed E-state index contributed by atoms with van der Waals surface area (Å²) in [5, 5.41) is 3.17. The fourth-order valence-electron chi connectivity index (χ4n) is 2.20. The van der Waals surface area contributed by atoms with E-state index in [0.717, 1.165) is 35.8 Å². The van der Waals surface area contributed by atoms with Crippen LogP contribution in [0.1, 0.15) is 34.3 Å². The third-order valence-electron chi connectivity index (χ3n) is 3.54. The summed E-state index contributed by atoms with van der Waals surface area (Å²) in [4.78, 5) is 6.65. The molecule has 0 aliphatic carbocycles. The molecule has 0 saturated heterocycles. The minimum Gasteiger partial charge on any atom is -0.324 e. The molecular formula is C16H22FN3S. The van der Waals surface area contributed by atoms with Gasteiger partial charge in [-0.3, -0.25) is 0 Å². The molecule has 0 fully saturated rings. The zero-order valence-electron chi connectivity index (χ0n) is 12.8. The molecule has 21 heavy (non-hydrogen) atoms. The van der Waals surface area contributed by atoms with Crippen molar-refractivity contribution in [3.63, 3.8) is 0 Å². The van der Waals surface area contributed by atoms with Gasteiger partial charge in [-0.05, 0) is 44.5 Å². The molecule has 1 heterocycles. The molecule has 1 aromatic carbocycles. The number of hydrogen-bond donors (Lipinski definition) is 1. The predicted octanol–water partition coefficient (Wildman–Crippen LogP) is 3.42. The van der Waals surface area contributed by atoms with Crippen LogP contribution in [0.3, 0.4) is 0 Å². The minimum absolute atomic E-state index is 0.139. The first-order chi connectivity index (χ1) is 9.95. The van der Waals surface area contributed by atoms with Crippen LogP contribution in [-0.2, 0) is 6.54 Å². The second-order valence-electron chi connectivity index (χ2n) is 5.50. The topological polar surface area (TPSA) is 42.2 Å². The van der Waals surface area contributed by atoms with Gasteiger partial charge in [-0.15, -0.1) is 11.3 Å². The lowest BCUT2D eigenvalue weighted by molar-refractivity contribution is 0.308. The summed E-state index contributed by atoms with van der Waals surface area (Å²) in [7, 11) is 2.05. The number of nitrogens with two attached hydrogens (primary N) is 1. The first-order valence-electron chi connectivity index (χ1n) is 7.07. The Bertz CT molecular complexity index is 597. The molecule has 2 aromatic rings. The number of thiazole rings is 1. The van der Waals surface area contributed by atoms with Gasteiger partial charge in [0.05, 0.1) is 10.7 Å². The van der Waals surface area contributed by atoms with E-state index in [4.69, 9.17) is 5.73 Å². The summed E-state index contributed by atoms with van der Waals surface area (Å²) < 4.78 is 13.6. The SMILES string of the molecule is Cc1nc(CN(C)CCC(N)c2ccc(C)c(F)c2)cs1. The molecule has 114 valence electrons. The van der Waals surface area contributed by atoms with E-state index in [9.17, 15) is 4.39 Å². The molecule has 1 atom stereocenters. The third-order valence-corrected chi connectivity index (χ3v) is 4.37. The van der Waals surface area contributed by atoms with Crippen molar-refractivity contribution in [2.75, 3.05) is 13.6 Å². The van der Waals surface area contributed by atoms with E-state index in [0.29, 0.717) is 5.56 Å². The van der Waals surface area contributed by atoms with Gasteiger partial charge >= 0.3 is 0 Å². The Hall–Kier alpha value is -1.30. The highest BCUT2D eigenvalue weighted by Gasteiger charge is 2.10. The van der Waals surface area contributed by atoms with Gasteiger partial charge in [-0.25, -0.2) is 9.37 Å². The van der Waals surface area contributed by atoms with Crippen LogP contribution in [0, 0.1) is 19.7 Å². The normalized spacial score (nSPS) is 12.9. The molecule has 2 N–H and O–H groups in total. The fraction of sp³-hybridized carbons (Fsp3) is 0.438. The van der Waals surface area contributed by atoms with Gasteiger partial charge in [0.25, 0.3) is 0 Å². The molecule has 0 bridgehead atoms. The predicted molar refractivity (Wildman–Crippen MR) is 85.9 cm³/mol. The molecule has 3 nitrogen and oxygen atoms in total. The summed E-state index contributed by atoms with van der Waals surface area (Å²) in [6.45, 7) is 5.44. The molecule has 1 aromatic heterocycles. The van der Waals surface area contributed by atoms with E-state index in [1.165, 1.54) is 0 Å². The quantitative estimate of drug-likeness (QED) is 0.889. The lowest BCUT2D eigenvalue weighted by Crippen LogP contribution is -2.23. The summed E-state index contributed by atoms with van der Waals surface area (Å²) in [6, 6.07) is 5.10. The Morgan fingerprint density at radius 1 is 1.38 bits per heavy atom. The van der Waals surface area contributed by atoms with Crippen LogP contribution < -0.4 is 5.73 Å². The van der Waals surface area contributed by atoms with Gasteiger partial charge in [0.1, 0.15) is 5.82 Å². The maximum atomic E-state index is 13.6. The Balaban J connectivity index is 1.85. The number of halogens is 1. The van der Waals surface area contributed by atoms with Crippen molar-refractivity contribution in [2.45, 2.75) is 32.9 Å². The highest BCUT2D eigenvalue weighted by atomic mass is 32.1.